The first-order valence-electron chi connectivity index (χ1n) is 5.57. The summed E-state index contributed by atoms with van der Waals surface area (Å²) in [4.78, 5) is 19.3. The number of rotatable bonds is 2. The van der Waals surface area contributed by atoms with Gasteiger partial charge in [0.2, 0.25) is 5.89 Å². The Morgan fingerprint density at radius 1 is 1.28 bits per heavy atom. The topological polar surface area (TPSA) is 60.4 Å². The summed E-state index contributed by atoms with van der Waals surface area (Å²) in [6.07, 6.45) is 2.40. The minimum atomic E-state index is 0.391. The van der Waals surface area contributed by atoms with E-state index in [-0.39, 0.29) is 0 Å². The second-order valence-electron chi connectivity index (χ2n) is 4.08. The highest BCUT2D eigenvalue weighted by Gasteiger charge is 2.12. The summed E-state index contributed by atoms with van der Waals surface area (Å²) in [5.74, 6) is 1.32. The summed E-state index contributed by atoms with van der Waals surface area (Å²) in [5.41, 5.74) is 2.73. The second-order valence-corrected chi connectivity index (χ2v) is 4.08. The molecule has 3 heterocycles. The van der Waals surface area contributed by atoms with Crippen molar-refractivity contribution in [1.29, 1.82) is 0 Å². The minimum absolute atomic E-state index is 0.391. The third-order valence-corrected chi connectivity index (χ3v) is 2.88. The van der Waals surface area contributed by atoms with E-state index in [1.165, 1.54) is 0 Å². The smallest absolute Gasteiger partial charge is 0.243 e. The van der Waals surface area contributed by atoms with Crippen LogP contribution in [0.4, 0.5) is 0 Å². The van der Waals surface area contributed by atoms with Gasteiger partial charge >= 0.3 is 0 Å². The molecule has 0 fully saturated rings. The molecule has 5 nitrogen and oxygen atoms in total. The van der Waals surface area contributed by atoms with Gasteiger partial charge in [-0.15, -0.1) is 0 Å². The van der Waals surface area contributed by atoms with Gasteiger partial charge in [0.1, 0.15) is 22.8 Å². The highest BCUT2D eigenvalue weighted by atomic mass is 16.4. The average molecular weight is 241 g/mol. The van der Waals surface area contributed by atoms with Crippen LogP contribution in [0, 0.1) is 13.8 Å². The molecule has 0 N–H and O–H groups in total. The van der Waals surface area contributed by atoms with Gasteiger partial charge in [0.25, 0.3) is 0 Å². The largest absolute Gasteiger partial charge is 0.440 e. The Labute approximate surface area is 103 Å². The fraction of sp³-hybridized carbons (Fsp3) is 0.154. The van der Waals surface area contributed by atoms with Gasteiger partial charge in [0, 0.05) is 6.20 Å². The number of carbonyl (C=O) groups is 1. The fourth-order valence-electron chi connectivity index (χ4n) is 1.84. The van der Waals surface area contributed by atoms with Gasteiger partial charge in [-0.25, -0.2) is 9.97 Å². The van der Waals surface area contributed by atoms with Crippen molar-refractivity contribution in [2.24, 2.45) is 0 Å². The van der Waals surface area contributed by atoms with Crippen LogP contribution in [0.15, 0.2) is 28.8 Å². The number of carbonyl (C=O) groups excluding carboxylic acids is 1. The number of fused-ring (bicyclic) bond motifs is 1. The molecule has 0 spiro atoms. The number of hydrogen-bond donors (Lipinski definition) is 0. The lowest BCUT2D eigenvalue weighted by molar-refractivity contribution is 0.111. The highest BCUT2D eigenvalue weighted by Crippen LogP contribution is 2.22. The van der Waals surface area contributed by atoms with E-state index in [2.05, 4.69) is 9.97 Å². The van der Waals surface area contributed by atoms with Crippen molar-refractivity contribution in [1.82, 2.24) is 14.4 Å². The lowest BCUT2D eigenvalue weighted by Crippen LogP contribution is -1.90. The van der Waals surface area contributed by atoms with Gasteiger partial charge in [0.15, 0.2) is 6.29 Å². The third kappa shape index (κ3) is 1.52. The summed E-state index contributed by atoms with van der Waals surface area (Å²) in [7, 11) is 0. The molecular weight excluding hydrogens is 230 g/mol. The van der Waals surface area contributed by atoms with E-state index in [0.29, 0.717) is 17.2 Å². The molecule has 5 heteroatoms. The van der Waals surface area contributed by atoms with Crippen LogP contribution in [0.2, 0.25) is 0 Å². The Bertz CT molecular complexity index is 720. The first kappa shape index (κ1) is 10.7. The predicted octanol–water partition coefficient (Wildman–Crippen LogP) is 2.42. The summed E-state index contributed by atoms with van der Waals surface area (Å²) < 4.78 is 7.40. The van der Waals surface area contributed by atoms with E-state index < -0.39 is 0 Å². The quantitative estimate of drug-likeness (QED) is 0.646. The van der Waals surface area contributed by atoms with Gasteiger partial charge in [0.05, 0.1) is 5.69 Å². The van der Waals surface area contributed by atoms with Crippen molar-refractivity contribution in [3.63, 3.8) is 0 Å². The number of aromatic nitrogens is 3. The van der Waals surface area contributed by atoms with Crippen LogP contribution >= 0.6 is 0 Å². The van der Waals surface area contributed by atoms with Gasteiger partial charge in [-0.3, -0.25) is 9.20 Å². The van der Waals surface area contributed by atoms with Crippen molar-refractivity contribution in [2.75, 3.05) is 0 Å². The molecule has 0 bridgehead atoms. The number of pyridine rings is 1. The van der Waals surface area contributed by atoms with Crippen LogP contribution in [-0.2, 0) is 0 Å². The zero-order chi connectivity index (χ0) is 12.7. The molecule has 90 valence electrons. The molecule has 0 atom stereocenters. The van der Waals surface area contributed by atoms with E-state index in [4.69, 9.17) is 4.42 Å². The van der Waals surface area contributed by atoms with Crippen molar-refractivity contribution >= 4 is 11.9 Å². The SMILES string of the molecule is Cc1nc(-c2cccc3nc(C=O)cn23)oc1C. The van der Waals surface area contributed by atoms with E-state index in [9.17, 15) is 4.79 Å². The molecule has 3 aromatic heterocycles. The Balaban J connectivity index is 2.28. The van der Waals surface area contributed by atoms with Gasteiger partial charge in [-0.05, 0) is 26.0 Å². The Morgan fingerprint density at radius 3 is 2.78 bits per heavy atom. The molecule has 0 saturated carbocycles. The molecule has 0 aromatic carbocycles. The first-order valence-corrected chi connectivity index (χ1v) is 5.57. The van der Waals surface area contributed by atoms with Crippen LogP contribution in [0.3, 0.4) is 0 Å². The molecule has 18 heavy (non-hydrogen) atoms. The monoisotopic (exact) mass is 241 g/mol. The number of aldehydes is 1. The standard InChI is InChI=1S/C13H11N3O2/c1-8-9(2)18-13(14-8)11-4-3-5-12-15-10(7-17)6-16(11)12/h3-7H,1-2H3. The second kappa shape index (κ2) is 3.80. The number of nitrogens with zero attached hydrogens (tertiary/aromatic N) is 3. The van der Waals surface area contributed by atoms with Crippen molar-refractivity contribution in [3.8, 4) is 11.6 Å². The molecule has 0 aliphatic carbocycles. The number of imidazole rings is 1. The maximum atomic E-state index is 10.8. The van der Waals surface area contributed by atoms with E-state index in [1.807, 2.05) is 32.0 Å². The molecule has 0 unspecified atom stereocenters. The van der Waals surface area contributed by atoms with Crippen molar-refractivity contribution in [2.45, 2.75) is 13.8 Å². The van der Waals surface area contributed by atoms with E-state index in [1.54, 1.807) is 10.6 Å². The number of aryl methyl sites for hydroxylation is 2. The minimum Gasteiger partial charge on any atom is -0.440 e. The number of oxazole rings is 1. The normalized spacial score (nSPS) is 11.0. The maximum absolute atomic E-state index is 10.8. The molecule has 0 radical (unpaired) electrons. The Kier molecular flexibility index (Phi) is 2.26. The van der Waals surface area contributed by atoms with Gasteiger partial charge in [-0.2, -0.15) is 0 Å². The highest BCUT2D eigenvalue weighted by molar-refractivity contribution is 5.74. The molecule has 0 aliphatic heterocycles. The van der Waals surface area contributed by atoms with Gasteiger partial charge < -0.3 is 4.42 Å². The molecule has 3 aromatic rings. The van der Waals surface area contributed by atoms with Gasteiger partial charge in [-0.1, -0.05) is 6.07 Å². The third-order valence-electron chi connectivity index (χ3n) is 2.88. The fourth-order valence-corrected chi connectivity index (χ4v) is 1.84. The van der Waals surface area contributed by atoms with E-state index >= 15 is 0 Å². The lowest BCUT2D eigenvalue weighted by Gasteiger charge is -1.99. The molecule has 0 aliphatic rings. The maximum Gasteiger partial charge on any atom is 0.243 e. The zero-order valence-electron chi connectivity index (χ0n) is 10.0. The van der Waals surface area contributed by atoms with E-state index in [0.717, 1.165) is 23.4 Å². The average Bonchev–Trinajstić information content (AvgIpc) is 2.93. The summed E-state index contributed by atoms with van der Waals surface area (Å²) in [6.45, 7) is 3.77. The number of hydrogen-bond acceptors (Lipinski definition) is 4. The first-order chi connectivity index (χ1) is 8.69. The Hall–Kier alpha value is -2.43. The van der Waals surface area contributed by atoms with Crippen LogP contribution in [-0.4, -0.2) is 20.7 Å². The molecule has 3 rings (SSSR count). The Morgan fingerprint density at radius 2 is 2.11 bits per heavy atom. The predicted molar refractivity (Wildman–Crippen MR) is 65.6 cm³/mol. The molecule has 0 saturated heterocycles. The zero-order valence-corrected chi connectivity index (χ0v) is 10.0. The summed E-state index contributed by atoms with van der Waals surface area (Å²) in [5, 5.41) is 0. The summed E-state index contributed by atoms with van der Waals surface area (Å²) in [6, 6.07) is 5.58. The van der Waals surface area contributed by atoms with Crippen LogP contribution in [0.1, 0.15) is 21.9 Å². The van der Waals surface area contributed by atoms with Crippen LogP contribution in [0.25, 0.3) is 17.2 Å². The van der Waals surface area contributed by atoms with Crippen LogP contribution < -0.4 is 0 Å². The van der Waals surface area contributed by atoms with Crippen molar-refractivity contribution < 1.29 is 9.21 Å². The van der Waals surface area contributed by atoms with Crippen molar-refractivity contribution in [3.05, 3.63) is 41.5 Å². The summed E-state index contributed by atoms with van der Waals surface area (Å²) >= 11 is 0. The lowest BCUT2D eigenvalue weighted by atomic mass is 10.3. The molecular formula is C13H11N3O2. The molecule has 0 amide bonds. The van der Waals surface area contributed by atoms with Crippen LogP contribution in [0.5, 0.6) is 0 Å².